The molecule has 104 valence electrons. The monoisotopic (exact) mass is 288 g/mol. The highest BCUT2D eigenvalue weighted by Crippen LogP contribution is 2.12. The number of nitrogens with one attached hydrogen (secondary N) is 2. The van der Waals surface area contributed by atoms with Gasteiger partial charge in [0.1, 0.15) is 5.82 Å². The molecule has 2 aromatic rings. The second-order valence-corrected chi connectivity index (χ2v) is 4.95. The fraction of sp³-hybridized carbons (Fsp3) is 0.188. The number of rotatable bonds is 4. The topological polar surface area (TPSA) is 24.1 Å². The van der Waals surface area contributed by atoms with E-state index < -0.39 is 0 Å². The van der Waals surface area contributed by atoms with E-state index in [0.29, 0.717) is 17.3 Å². The number of hydrogen-bond acceptors (Lipinski definition) is 1. The molecule has 0 spiro atoms. The molecular weight excluding hydrogens is 271 g/mol. The Morgan fingerprint density at radius 3 is 2.55 bits per heavy atom. The van der Waals surface area contributed by atoms with E-state index in [0.717, 1.165) is 6.42 Å². The summed E-state index contributed by atoms with van der Waals surface area (Å²) in [4.78, 5) is 0. The van der Waals surface area contributed by atoms with Crippen LogP contribution in [0.4, 0.5) is 10.1 Å². The Hall–Kier alpha value is -1.94. The molecule has 0 atom stereocenters. The lowest BCUT2D eigenvalue weighted by Gasteiger charge is -2.11. The van der Waals surface area contributed by atoms with Gasteiger partial charge in [-0.3, -0.25) is 0 Å². The minimum atomic E-state index is -0.310. The zero-order chi connectivity index (χ0) is 14.4. The second kappa shape index (κ2) is 7.01. The summed E-state index contributed by atoms with van der Waals surface area (Å²) in [6.07, 6.45) is 0.881. The van der Waals surface area contributed by atoms with Crippen molar-refractivity contribution in [1.82, 2.24) is 5.32 Å². The van der Waals surface area contributed by atoms with Crippen molar-refractivity contribution in [2.45, 2.75) is 13.3 Å². The number of para-hydroxylation sites is 1. The van der Waals surface area contributed by atoms with Crippen molar-refractivity contribution in [3.63, 3.8) is 0 Å². The fourth-order valence-electron chi connectivity index (χ4n) is 1.93. The van der Waals surface area contributed by atoms with Gasteiger partial charge in [-0.25, -0.2) is 4.39 Å². The van der Waals surface area contributed by atoms with Crippen molar-refractivity contribution in [2.75, 3.05) is 11.9 Å². The van der Waals surface area contributed by atoms with Crippen molar-refractivity contribution in [2.24, 2.45) is 0 Å². The van der Waals surface area contributed by atoms with Crippen LogP contribution < -0.4 is 10.6 Å². The van der Waals surface area contributed by atoms with Gasteiger partial charge in [-0.1, -0.05) is 36.4 Å². The van der Waals surface area contributed by atoms with Gasteiger partial charge in [0.2, 0.25) is 0 Å². The molecule has 2 rings (SSSR count). The first-order valence-corrected chi connectivity index (χ1v) is 6.91. The van der Waals surface area contributed by atoms with E-state index in [2.05, 4.69) is 29.7 Å². The van der Waals surface area contributed by atoms with Gasteiger partial charge in [-0.15, -0.1) is 0 Å². The summed E-state index contributed by atoms with van der Waals surface area (Å²) < 4.78 is 13.4. The minimum absolute atomic E-state index is 0.310. The number of benzene rings is 2. The summed E-state index contributed by atoms with van der Waals surface area (Å²) in [7, 11) is 0. The second-order valence-electron chi connectivity index (χ2n) is 4.54. The van der Waals surface area contributed by atoms with Crippen LogP contribution >= 0.6 is 12.2 Å². The smallest absolute Gasteiger partial charge is 0.170 e. The normalized spacial score (nSPS) is 10.1. The number of anilines is 1. The summed E-state index contributed by atoms with van der Waals surface area (Å²) in [6.45, 7) is 2.80. The Balaban J connectivity index is 1.82. The minimum Gasteiger partial charge on any atom is -0.362 e. The summed E-state index contributed by atoms with van der Waals surface area (Å²) in [5, 5.41) is 6.38. The largest absolute Gasteiger partial charge is 0.362 e. The van der Waals surface area contributed by atoms with Crippen molar-refractivity contribution in [3.05, 3.63) is 65.5 Å². The van der Waals surface area contributed by atoms with Crippen LogP contribution in [0.3, 0.4) is 0 Å². The van der Waals surface area contributed by atoms with E-state index in [1.807, 2.05) is 12.1 Å². The maximum Gasteiger partial charge on any atom is 0.170 e. The number of thiocarbonyl (C=S) groups is 1. The first-order chi connectivity index (χ1) is 9.66. The van der Waals surface area contributed by atoms with E-state index in [9.17, 15) is 4.39 Å². The lowest BCUT2D eigenvalue weighted by molar-refractivity contribution is 0.632. The molecule has 0 amide bonds. The molecular formula is C16H17FN2S. The van der Waals surface area contributed by atoms with E-state index in [-0.39, 0.29) is 5.82 Å². The third kappa shape index (κ3) is 4.03. The Morgan fingerprint density at radius 1 is 1.10 bits per heavy atom. The van der Waals surface area contributed by atoms with Crippen LogP contribution in [-0.4, -0.2) is 11.7 Å². The lowest BCUT2D eigenvalue weighted by atomic mass is 10.1. The highest BCUT2D eigenvalue weighted by molar-refractivity contribution is 7.80. The van der Waals surface area contributed by atoms with Crippen LogP contribution in [0.5, 0.6) is 0 Å². The first-order valence-electron chi connectivity index (χ1n) is 6.50. The summed E-state index contributed by atoms with van der Waals surface area (Å²) >= 11 is 5.15. The Kier molecular flexibility index (Phi) is 5.07. The number of halogens is 1. The zero-order valence-corrected chi connectivity index (χ0v) is 12.1. The Labute approximate surface area is 124 Å². The molecule has 0 saturated carbocycles. The van der Waals surface area contributed by atoms with Gasteiger partial charge in [0.05, 0.1) is 5.69 Å². The molecule has 2 nitrogen and oxygen atoms in total. The molecule has 20 heavy (non-hydrogen) atoms. The zero-order valence-electron chi connectivity index (χ0n) is 11.3. The van der Waals surface area contributed by atoms with Gasteiger partial charge in [0.15, 0.2) is 5.11 Å². The van der Waals surface area contributed by atoms with Crippen LogP contribution in [0, 0.1) is 12.7 Å². The van der Waals surface area contributed by atoms with E-state index >= 15 is 0 Å². The van der Waals surface area contributed by atoms with Crippen molar-refractivity contribution in [1.29, 1.82) is 0 Å². The highest BCUT2D eigenvalue weighted by atomic mass is 32.1. The molecule has 2 aromatic carbocycles. The SMILES string of the molecule is Cc1ccccc1CCNC(=S)Nc1ccccc1F. The molecule has 0 radical (unpaired) electrons. The maximum atomic E-state index is 13.4. The van der Waals surface area contributed by atoms with E-state index in [1.54, 1.807) is 18.2 Å². The average Bonchev–Trinajstić information content (AvgIpc) is 2.43. The lowest BCUT2D eigenvalue weighted by Crippen LogP contribution is -2.30. The predicted octanol–water partition coefficient (Wildman–Crippen LogP) is 3.66. The summed E-state index contributed by atoms with van der Waals surface area (Å²) in [5.41, 5.74) is 2.94. The van der Waals surface area contributed by atoms with E-state index in [4.69, 9.17) is 12.2 Å². The molecule has 0 aliphatic heterocycles. The molecule has 0 bridgehead atoms. The molecule has 0 aromatic heterocycles. The molecule has 0 heterocycles. The van der Waals surface area contributed by atoms with Gasteiger partial charge in [-0.2, -0.15) is 0 Å². The average molecular weight is 288 g/mol. The third-order valence-electron chi connectivity index (χ3n) is 3.06. The molecule has 0 fully saturated rings. The summed E-state index contributed by atoms with van der Waals surface area (Å²) in [5.74, 6) is -0.310. The van der Waals surface area contributed by atoms with Crippen molar-refractivity contribution < 1.29 is 4.39 Å². The van der Waals surface area contributed by atoms with Crippen LogP contribution in [0.1, 0.15) is 11.1 Å². The van der Waals surface area contributed by atoms with Gasteiger partial charge < -0.3 is 10.6 Å². The van der Waals surface area contributed by atoms with Crippen LogP contribution in [0.25, 0.3) is 0 Å². The number of aryl methyl sites for hydroxylation is 1. The molecule has 2 N–H and O–H groups in total. The fourth-order valence-corrected chi connectivity index (χ4v) is 2.14. The summed E-state index contributed by atoms with van der Waals surface area (Å²) in [6, 6.07) is 14.7. The molecule has 0 aliphatic carbocycles. The molecule has 0 saturated heterocycles. The quantitative estimate of drug-likeness (QED) is 0.840. The Morgan fingerprint density at radius 2 is 1.80 bits per heavy atom. The first kappa shape index (κ1) is 14.5. The van der Waals surface area contributed by atoms with Gasteiger partial charge in [-0.05, 0) is 48.8 Å². The Bertz CT molecular complexity index is 599. The van der Waals surface area contributed by atoms with Gasteiger partial charge >= 0.3 is 0 Å². The van der Waals surface area contributed by atoms with Crippen LogP contribution in [0.15, 0.2) is 48.5 Å². The predicted molar refractivity (Wildman–Crippen MR) is 85.5 cm³/mol. The van der Waals surface area contributed by atoms with Crippen LogP contribution in [-0.2, 0) is 6.42 Å². The maximum absolute atomic E-state index is 13.4. The number of hydrogen-bond donors (Lipinski definition) is 2. The molecule has 0 unspecified atom stereocenters. The van der Waals surface area contributed by atoms with Crippen LogP contribution in [0.2, 0.25) is 0 Å². The van der Waals surface area contributed by atoms with Gasteiger partial charge in [0.25, 0.3) is 0 Å². The molecule has 4 heteroatoms. The van der Waals surface area contributed by atoms with E-state index in [1.165, 1.54) is 17.2 Å². The third-order valence-corrected chi connectivity index (χ3v) is 3.31. The standard InChI is InChI=1S/C16H17FN2S/c1-12-6-2-3-7-13(12)10-11-18-16(20)19-15-9-5-4-8-14(15)17/h2-9H,10-11H2,1H3,(H2,18,19,20). The van der Waals surface area contributed by atoms with Crippen molar-refractivity contribution in [3.8, 4) is 0 Å². The van der Waals surface area contributed by atoms with Crippen molar-refractivity contribution >= 4 is 23.0 Å². The van der Waals surface area contributed by atoms with Gasteiger partial charge in [0, 0.05) is 6.54 Å². The molecule has 0 aliphatic rings. The highest BCUT2D eigenvalue weighted by Gasteiger charge is 2.03.